The molecular formula is C19H24ClN3O3S. The van der Waals surface area contributed by atoms with Crippen LogP contribution < -0.4 is 10.0 Å². The zero-order valence-corrected chi connectivity index (χ0v) is 16.7. The van der Waals surface area contributed by atoms with Crippen LogP contribution in [0.15, 0.2) is 59.5 Å². The summed E-state index contributed by atoms with van der Waals surface area (Å²) in [5.74, 6) is -0.0469. The Morgan fingerprint density at radius 1 is 1.04 bits per heavy atom. The zero-order chi connectivity index (χ0) is 18.6. The topological polar surface area (TPSA) is 78.5 Å². The predicted molar refractivity (Wildman–Crippen MR) is 109 cm³/mol. The molecule has 0 unspecified atom stereocenters. The number of anilines is 1. The van der Waals surface area contributed by atoms with E-state index in [1.807, 2.05) is 7.05 Å². The summed E-state index contributed by atoms with van der Waals surface area (Å²) in [4.78, 5) is 14.6. The molecule has 2 aromatic rings. The van der Waals surface area contributed by atoms with Gasteiger partial charge in [0.25, 0.3) is 15.9 Å². The number of hydrogen-bond acceptors (Lipinski definition) is 4. The first-order valence-electron chi connectivity index (χ1n) is 8.63. The Morgan fingerprint density at radius 3 is 2.22 bits per heavy atom. The Bertz CT molecular complexity index is 852. The summed E-state index contributed by atoms with van der Waals surface area (Å²) in [6.45, 7) is 1.84. The Hall–Kier alpha value is -2.09. The number of sulfonamides is 1. The van der Waals surface area contributed by atoms with Gasteiger partial charge < -0.3 is 10.2 Å². The Labute approximate surface area is 166 Å². The van der Waals surface area contributed by atoms with E-state index < -0.39 is 10.0 Å². The highest BCUT2D eigenvalue weighted by Gasteiger charge is 2.23. The van der Waals surface area contributed by atoms with Crippen molar-refractivity contribution in [3.8, 4) is 0 Å². The van der Waals surface area contributed by atoms with E-state index in [2.05, 4.69) is 10.0 Å². The molecule has 0 radical (unpaired) electrons. The number of halogens is 1. The van der Waals surface area contributed by atoms with E-state index in [4.69, 9.17) is 0 Å². The number of carbonyl (C=O) groups is 1. The average molecular weight is 410 g/mol. The van der Waals surface area contributed by atoms with Gasteiger partial charge in [0.15, 0.2) is 0 Å². The van der Waals surface area contributed by atoms with E-state index in [-0.39, 0.29) is 29.3 Å². The number of rotatable bonds is 5. The van der Waals surface area contributed by atoms with Gasteiger partial charge in [-0.1, -0.05) is 18.2 Å². The molecule has 1 heterocycles. The van der Waals surface area contributed by atoms with E-state index in [0.717, 1.165) is 25.9 Å². The van der Waals surface area contributed by atoms with Gasteiger partial charge in [-0.2, -0.15) is 0 Å². The summed E-state index contributed by atoms with van der Waals surface area (Å²) in [6.07, 6.45) is 1.88. The number of nitrogens with zero attached hydrogens (tertiary/aromatic N) is 1. The van der Waals surface area contributed by atoms with Crippen molar-refractivity contribution < 1.29 is 13.2 Å². The molecule has 1 aliphatic rings. The van der Waals surface area contributed by atoms with Gasteiger partial charge >= 0.3 is 0 Å². The Morgan fingerprint density at radius 2 is 1.63 bits per heavy atom. The minimum Gasteiger partial charge on any atom is -0.339 e. The summed E-state index contributed by atoms with van der Waals surface area (Å²) < 4.78 is 27.2. The van der Waals surface area contributed by atoms with Crippen LogP contribution in [0.4, 0.5) is 5.69 Å². The molecular weight excluding hydrogens is 386 g/mol. The largest absolute Gasteiger partial charge is 0.339 e. The van der Waals surface area contributed by atoms with Gasteiger partial charge in [-0.05, 0) is 62.3 Å². The maximum Gasteiger partial charge on any atom is 0.261 e. The van der Waals surface area contributed by atoms with Crippen LogP contribution in [-0.2, 0) is 10.0 Å². The van der Waals surface area contributed by atoms with Crippen LogP contribution in [0.1, 0.15) is 23.2 Å². The van der Waals surface area contributed by atoms with E-state index in [1.54, 1.807) is 47.4 Å². The van der Waals surface area contributed by atoms with Crippen molar-refractivity contribution in [2.75, 3.05) is 24.9 Å². The highest BCUT2D eigenvalue weighted by molar-refractivity contribution is 7.92. The monoisotopic (exact) mass is 409 g/mol. The zero-order valence-electron chi connectivity index (χ0n) is 15.1. The smallest absolute Gasteiger partial charge is 0.261 e. The first-order valence-corrected chi connectivity index (χ1v) is 10.1. The molecule has 0 aromatic heterocycles. The van der Waals surface area contributed by atoms with E-state index in [9.17, 15) is 13.2 Å². The molecule has 0 atom stereocenters. The summed E-state index contributed by atoms with van der Waals surface area (Å²) in [7, 11) is -1.81. The second kappa shape index (κ2) is 9.21. The van der Waals surface area contributed by atoms with Crippen LogP contribution >= 0.6 is 12.4 Å². The molecule has 0 saturated carbocycles. The molecule has 0 spiro atoms. The number of hydrogen-bond donors (Lipinski definition) is 2. The van der Waals surface area contributed by atoms with Gasteiger partial charge in [0.1, 0.15) is 0 Å². The third-order valence-corrected chi connectivity index (χ3v) is 6.01. The van der Waals surface area contributed by atoms with Crippen LogP contribution in [0.25, 0.3) is 0 Å². The van der Waals surface area contributed by atoms with Gasteiger partial charge in [0, 0.05) is 24.3 Å². The summed E-state index contributed by atoms with van der Waals surface area (Å²) in [5, 5.41) is 3.29. The Kier molecular flexibility index (Phi) is 7.24. The van der Waals surface area contributed by atoms with Gasteiger partial charge in [0.2, 0.25) is 0 Å². The molecule has 8 heteroatoms. The van der Waals surface area contributed by atoms with Gasteiger partial charge in [-0.25, -0.2) is 8.42 Å². The second-order valence-electron chi connectivity index (χ2n) is 6.39. The van der Waals surface area contributed by atoms with Gasteiger partial charge in [-0.3, -0.25) is 9.52 Å². The lowest BCUT2D eigenvalue weighted by Crippen LogP contribution is -2.43. The fourth-order valence-corrected chi connectivity index (χ4v) is 4.14. The summed E-state index contributed by atoms with van der Waals surface area (Å²) in [5.41, 5.74) is 0.976. The molecule has 146 valence electrons. The molecule has 0 aliphatic carbocycles. The number of carbonyl (C=O) groups excluding carboxylic acids is 1. The van der Waals surface area contributed by atoms with E-state index in [1.165, 1.54) is 12.1 Å². The molecule has 3 rings (SSSR count). The standard InChI is InChI=1S/C19H23N3O3S.ClH/c1-22(17-11-13-20-14-12-17)19(23)15-7-9-16(10-8-15)21-26(24,25)18-5-3-2-4-6-18;/h2-10,17,20-21H,11-14H2,1H3;1H. The third-order valence-electron chi connectivity index (χ3n) is 4.61. The van der Waals surface area contributed by atoms with Crippen molar-refractivity contribution >= 4 is 34.0 Å². The molecule has 2 aromatic carbocycles. The predicted octanol–water partition coefficient (Wildman–Crippen LogP) is 2.73. The summed E-state index contributed by atoms with van der Waals surface area (Å²) in [6, 6.07) is 15.0. The first kappa shape index (κ1) is 21.2. The molecule has 1 fully saturated rings. The van der Waals surface area contributed by atoms with Crippen molar-refractivity contribution in [3.05, 3.63) is 60.2 Å². The van der Waals surface area contributed by atoms with Crippen LogP contribution in [0, 0.1) is 0 Å². The Balaban J connectivity index is 0.00000261. The molecule has 1 saturated heterocycles. The van der Waals surface area contributed by atoms with E-state index >= 15 is 0 Å². The lowest BCUT2D eigenvalue weighted by molar-refractivity contribution is 0.0703. The quantitative estimate of drug-likeness (QED) is 0.795. The fourth-order valence-electron chi connectivity index (χ4n) is 3.06. The second-order valence-corrected chi connectivity index (χ2v) is 8.08. The lowest BCUT2D eigenvalue weighted by atomic mass is 10.0. The summed E-state index contributed by atoms with van der Waals surface area (Å²) >= 11 is 0. The van der Waals surface area contributed by atoms with Crippen molar-refractivity contribution in [3.63, 3.8) is 0 Å². The van der Waals surface area contributed by atoms with E-state index in [0.29, 0.717) is 11.3 Å². The number of nitrogens with one attached hydrogen (secondary N) is 2. The first-order chi connectivity index (χ1) is 12.5. The van der Waals surface area contributed by atoms with Crippen molar-refractivity contribution in [1.29, 1.82) is 0 Å². The highest BCUT2D eigenvalue weighted by atomic mass is 35.5. The number of amides is 1. The van der Waals surface area contributed by atoms with Gasteiger partial charge in [-0.15, -0.1) is 12.4 Å². The fraction of sp³-hybridized carbons (Fsp3) is 0.316. The van der Waals surface area contributed by atoms with Crippen LogP contribution in [-0.4, -0.2) is 45.4 Å². The maximum atomic E-state index is 12.6. The average Bonchev–Trinajstić information content (AvgIpc) is 2.68. The molecule has 1 aliphatic heterocycles. The normalized spacial score (nSPS) is 14.9. The van der Waals surface area contributed by atoms with Crippen LogP contribution in [0.3, 0.4) is 0 Å². The van der Waals surface area contributed by atoms with Crippen molar-refractivity contribution in [2.24, 2.45) is 0 Å². The molecule has 2 N–H and O–H groups in total. The highest BCUT2D eigenvalue weighted by Crippen LogP contribution is 2.18. The molecule has 1 amide bonds. The number of benzene rings is 2. The van der Waals surface area contributed by atoms with Crippen molar-refractivity contribution in [1.82, 2.24) is 10.2 Å². The molecule has 27 heavy (non-hydrogen) atoms. The lowest BCUT2D eigenvalue weighted by Gasteiger charge is -2.31. The minimum atomic E-state index is -3.63. The molecule has 0 bridgehead atoms. The third kappa shape index (κ3) is 5.22. The SMILES string of the molecule is CN(C(=O)c1ccc(NS(=O)(=O)c2ccccc2)cc1)C1CCNCC1.Cl. The maximum absolute atomic E-state index is 12.6. The van der Waals surface area contributed by atoms with Gasteiger partial charge in [0.05, 0.1) is 4.90 Å². The van der Waals surface area contributed by atoms with Crippen molar-refractivity contribution in [2.45, 2.75) is 23.8 Å². The minimum absolute atomic E-state index is 0. The van der Waals surface area contributed by atoms with Crippen LogP contribution in [0.5, 0.6) is 0 Å². The molecule has 6 nitrogen and oxygen atoms in total. The van der Waals surface area contributed by atoms with Crippen LogP contribution in [0.2, 0.25) is 0 Å². The number of piperidine rings is 1.